The third kappa shape index (κ3) is 4.05. The van der Waals surface area contributed by atoms with Crippen LogP contribution < -0.4 is 10.1 Å². The van der Waals surface area contributed by atoms with Crippen LogP contribution in [0.1, 0.15) is 6.92 Å². The molecule has 4 aromatic rings. The number of rotatable bonds is 6. The lowest BCUT2D eigenvalue weighted by molar-refractivity contribution is -0.129. The molecule has 1 amide bonds. The number of methoxy groups -OCH3 is 1. The lowest BCUT2D eigenvalue weighted by Crippen LogP contribution is -2.38. The number of anilines is 1. The van der Waals surface area contributed by atoms with Crippen molar-refractivity contribution in [3.8, 4) is 17.0 Å². The maximum Gasteiger partial charge on any atom is 0.286 e. The van der Waals surface area contributed by atoms with Crippen molar-refractivity contribution in [1.29, 1.82) is 0 Å². The molecule has 5 rings (SSSR count). The number of carbonyl (C=O) groups excluding carboxylic acids is 1. The fourth-order valence-electron chi connectivity index (χ4n) is 4.34. The average Bonchev–Trinajstić information content (AvgIpc) is 3.45. The summed E-state index contributed by atoms with van der Waals surface area (Å²) in [5, 5.41) is 6.65. The molecule has 3 aromatic heterocycles. The van der Waals surface area contributed by atoms with Crippen LogP contribution in [0.3, 0.4) is 0 Å². The minimum absolute atomic E-state index is 0.0408. The van der Waals surface area contributed by atoms with E-state index in [-0.39, 0.29) is 29.5 Å². The van der Waals surface area contributed by atoms with Crippen molar-refractivity contribution < 1.29 is 31.5 Å². The standard InChI is InChI=1S/C22H20F5N7O2/c1-11(35)32-7-16(22(26,27)9-32)29-21-30-20(36-2)19-18(13(23)6-34(19)31-21)12-3-4-14-15(5-12)33(10-28-14)8-17(24)25/h3-6,10,16-17H,7-9H2,1-2H3,(H,29,31)/t16-/m1/s1. The van der Waals surface area contributed by atoms with E-state index >= 15 is 4.39 Å². The van der Waals surface area contributed by atoms with Gasteiger partial charge < -0.3 is 19.5 Å². The number of amides is 1. The molecule has 1 atom stereocenters. The maximum atomic E-state index is 15.2. The first-order valence-electron chi connectivity index (χ1n) is 10.8. The number of alkyl halides is 4. The topological polar surface area (TPSA) is 89.6 Å². The Balaban J connectivity index is 1.55. The van der Waals surface area contributed by atoms with Crippen LogP contribution in [0.5, 0.6) is 5.88 Å². The molecule has 1 aliphatic heterocycles. The predicted octanol–water partition coefficient (Wildman–Crippen LogP) is 3.44. The van der Waals surface area contributed by atoms with E-state index in [2.05, 4.69) is 20.4 Å². The van der Waals surface area contributed by atoms with Crippen molar-refractivity contribution in [3.63, 3.8) is 0 Å². The van der Waals surface area contributed by atoms with Crippen molar-refractivity contribution in [2.24, 2.45) is 0 Å². The highest BCUT2D eigenvalue weighted by atomic mass is 19.3. The minimum atomic E-state index is -3.24. The van der Waals surface area contributed by atoms with Gasteiger partial charge in [0.25, 0.3) is 12.3 Å². The Morgan fingerprint density at radius 1 is 1.33 bits per heavy atom. The van der Waals surface area contributed by atoms with Gasteiger partial charge in [-0.25, -0.2) is 31.5 Å². The number of aromatic nitrogens is 5. The molecule has 0 radical (unpaired) electrons. The quantitative estimate of drug-likeness (QED) is 0.401. The zero-order valence-corrected chi connectivity index (χ0v) is 19.1. The summed E-state index contributed by atoms with van der Waals surface area (Å²) < 4.78 is 77.6. The van der Waals surface area contributed by atoms with Crippen LogP contribution >= 0.6 is 0 Å². The summed E-state index contributed by atoms with van der Waals surface area (Å²) in [7, 11) is 1.28. The Morgan fingerprint density at radius 2 is 2.11 bits per heavy atom. The molecule has 0 spiro atoms. The van der Waals surface area contributed by atoms with E-state index in [4.69, 9.17) is 4.74 Å². The number of halogens is 5. The number of ether oxygens (including phenoxy) is 1. The van der Waals surface area contributed by atoms with E-state index < -0.39 is 43.2 Å². The molecule has 1 N–H and O–H groups in total. The molecule has 0 aliphatic carbocycles. The van der Waals surface area contributed by atoms with E-state index in [1.54, 1.807) is 12.1 Å². The van der Waals surface area contributed by atoms with Crippen LogP contribution in [0.4, 0.5) is 27.9 Å². The molecule has 1 aliphatic rings. The molecule has 4 heterocycles. The monoisotopic (exact) mass is 509 g/mol. The van der Waals surface area contributed by atoms with Gasteiger partial charge in [-0.3, -0.25) is 4.79 Å². The number of hydrogen-bond donors (Lipinski definition) is 1. The molecule has 9 nitrogen and oxygen atoms in total. The average molecular weight is 509 g/mol. The Morgan fingerprint density at radius 3 is 2.78 bits per heavy atom. The van der Waals surface area contributed by atoms with Gasteiger partial charge in [-0.2, -0.15) is 4.98 Å². The molecular formula is C22H20F5N7O2. The molecule has 0 unspecified atom stereocenters. The smallest absolute Gasteiger partial charge is 0.286 e. The summed E-state index contributed by atoms with van der Waals surface area (Å²) >= 11 is 0. The van der Waals surface area contributed by atoms with Gasteiger partial charge in [0.2, 0.25) is 17.7 Å². The zero-order valence-electron chi connectivity index (χ0n) is 19.1. The van der Waals surface area contributed by atoms with Gasteiger partial charge in [0.1, 0.15) is 11.6 Å². The first-order valence-corrected chi connectivity index (χ1v) is 10.8. The van der Waals surface area contributed by atoms with Crippen molar-refractivity contribution in [3.05, 3.63) is 36.5 Å². The van der Waals surface area contributed by atoms with Gasteiger partial charge in [-0.05, 0) is 17.7 Å². The molecule has 36 heavy (non-hydrogen) atoms. The third-order valence-electron chi connectivity index (χ3n) is 6.05. The summed E-state index contributed by atoms with van der Waals surface area (Å²) in [5.74, 6) is -4.79. The van der Waals surface area contributed by atoms with E-state index in [1.165, 1.54) is 31.0 Å². The molecule has 1 saturated heterocycles. The fraction of sp³-hybridized carbons (Fsp3) is 0.364. The van der Waals surface area contributed by atoms with Gasteiger partial charge in [0.15, 0.2) is 5.82 Å². The summed E-state index contributed by atoms with van der Waals surface area (Å²) in [5.41, 5.74) is 1.32. The van der Waals surface area contributed by atoms with Crippen molar-refractivity contribution in [2.45, 2.75) is 31.9 Å². The summed E-state index contributed by atoms with van der Waals surface area (Å²) in [6, 6.07) is 3.20. The first-order chi connectivity index (χ1) is 17.1. The van der Waals surface area contributed by atoms with E-state index in [0.717, 1.165) is 15.6 Å². The van der Waals surface area contributed by atoms with Crippen LogP contribution in [0.15, 0.2) is 30.7 Å². The summed E-state index contributed by atoms with van der Waals surface area (Å²) in [6.45, 7) is -0.380. The number of nitrogens with one attached hydrogen (secondary N) is 1. The Hall–Kier alpha value is -3.97. The van der Waals surface area contributed by atoms with E-state index in [1.807, 2.05) is 0 Å². The SMILES string of the molecule is COc1nc(N[C@@H]2CN(C(C)=O)CC2(F)F)nn2cc(F)c(-c3ccc4ncn(CC(F)F)c4c3)c12. The first kappa shape index (κ1) is 23.8. The number of carbonyl (C=O) groups is 1. The van der Waals surface area contributed by atoms with Crippen LogP contribution in [-0.2, 0) is 11.3 Å². The number of fused-ring (bicyclic) bond motifs is 2. The van der Waals surface area contributed by atoms with Gasteiger partial charge in [0, 0.05) is 13.5 Å². The van der Waals surface area contributed by atoms with Crippen LogP contribution in [0.25, 0.3) is 27.7 Å². The molecule has 0 saturated carbocycles. The fourth-order valence-corrected chi connectivity index (χ4v) is 4.34. The van der Waals surface area contributed by atoms with Crippen molar-refractivity contribution in [2.75, 3.05) is 25.5 Å². The normalized spacial score (nSPS) is 17.4. The second-order valence-electron chi connectivity index (χ2n) is 8.44. The number of likely N-dealkylation sites (tertiary alicyclic amines) is 1. The molecule has 14 heteroatoms. The van der Waals surface area contributed by atoms with Crippen molar-refractivity contribution in [1.82, 2.24) is 29.0 Å². The lowest BCUT2D eigenvalue weighted by Gasteiger charge is -2.19. The highest BCUT2D eigenvalue weighted by molar-refractivity contribution is 5.90. The Kier molecular flexibility index (Phi) is 5.68. The highest BCUT2D eigenvalue weighted by Crippen LogP contribution is 2.36. The highest BCUT2D eigenvalue weighted by Gasteiger charge is 2.49. The summed E-state index contributed by atoms with van der Waals surface area (Å²) in [6.07, 6.45) is -0.287. The van der Waals surface area contributed by atoms with Gasteiger partial charge >= 0.3 is 0 Å². The van der Waals surface area contributed by atoms with Crippen LogP contribution in [0.2, 0.25) is 0 Å². The zero-order chi connectivity index (χ0) is 25.8. The Labute approximate surface area is 200 Å². The number of benzene rings is 1. The predicted molar refractivity (Wildman–Crippen MR) is 119 cm³/mol. The second-order valence-corrected chi connectivity index (χ2v) is 8.44. The van der Waals surface area contributed by atoms with Gasteiger partial charge in [-0.15, -0.1) is 5.10 Å². The van der Waals surface area contributed by atoms with E-state index in [0.29, 0.717) is 16.6 Å². The minimum Gasteiger partial charge on any atom is -0.479 e. The molecular weight excluding hydrogens is 489 g/mol. The van der Waals surface area contributed by atoms with Gasteiger partial charge in [0.05, 0.1) is 49.3 Å². The second kappa shape index (κ2) is 8.60. The van der Waals surface area contributed by atoms with Crippen molar-refractivity contribution >= 4 is 28.4 Å². The largest absolute Gasteiger partial charge is 0.479 e. The number of imidazole rings is 1. The molecule has 1 aromatic carbocycles. The van der Waals surface area contributed by atoms with Crippen LogP contribution in [-0.4, -0.2) is 73.5 Å². The van der Waals surface area contributed by atoms with Gasteiger partial charge in [-0.1, -0.05) is 6.07 Å². The number of nitrogens with zero attached hydrogens (tertiary/aromatic N) is 6. The lowest BCUT2D eigenvalue weighted by atomic mass is 10.1. The number of hydrogen-bond acceptors (Lipinski definition) is 6. The van der Waals surface area contributed by atoms with E-state index in [9.17, 15) is 22.4 Å². The molecule has 0 bridgehead atoms. The maximum absolute atomic E-state index is 15.2. The van der Waals surface area contributed by atoms with Crippen LogP contribution in [0, 0.1) is 5.82 Å². The molecule has 190 valence electrons. The summed E-state index contributed by atoms with van der Waals surface area (Å²) in [4.78, 5) is 20.8. The third-order valence-corrected chi connectivity index (χ3v) is 6.05. The Bertz CT molecular complexity index is 1470. The molecule has 1 fully saturated rings.